The number of unbranched alkanes of at least 4 members (excludes halogenated alkanes) is 20. The van der Waals surface area contributed by atoms with E-state index in [0.717, 1.165) is 11.5 Å². The minimum absolute atomic E-state index is 0. The third kappa shape index (κ3) is 72.1. The molecule has 0 aromatic heterocycles. The van der Waals surface area contributed by atoms with Gasteiger partial charge in [0.15, 0.2) is 0 Å². The summed E-state index contributed by atoms with van der Waals surface area (Å²) in [6.45, 7) is 12.9. The topological polar surface area (TPSA) is 0 Å². The molecule has 0 aromatic rings. The van der Waals surface area contributed by atoms with Gasteiger partial charge in [-0.1, -0.05) is 183 Å². The molecule has 0 aromatic carbocycles. The fourth-order valence-electron chi connectivity index (χ4n) is 3.18. The molecule has 35 heavy (non-hydrogen) atoms. The average molecular weight is 636 g/mol. The van der Waals surface area contributed by atoms with Crippen molar-refractivity contribution in [2.75, 3.05) is 11.5 Å². The van der Waals surface area contributed by atoms with E-state index in [0.29, 0.717) is 0 Å². The summed E-state index contributed by atoms with van der Waals surface area (Å²) in [5, 5.41) is 0. The molecule has 0 aliphatic heterocycles. The molecule has 0 amide bonds. The molecule has 3 heteroatoms. The van der Waals surface area contributed by atoms with Crippen molar-refractivity contribution in [2.45, 2.75) is 183 Å². The van der Waals surface area contributed by atoms with Gasteiger partial charge in [0.25, 0.3) is 0 Å². The van der Waals surface area contributed by atoms with Gasteiger partial charge in [0.1, 0.15) is 0 Å². The number of rotatable bonds is 22. The summed E-state index contributed by atoms with van der Waals surface area (Å²) in [7, 11) is 0. The van der Waals surface area contributed by atoms with Gasteiger partial charge in [-0.3, -0.25) is 0 Å². The van der Waals surface area contributed by atoms with E-state index in [2.05, 4.69) is 54.4 Å². The minimum Gasteiger partial charge on any atom is -0.793 e. The van der Waals surface area contributed by atoms with Crippen molar-refractivity contribution in [3.8, 4) is 0 Å². The van der Waals surface area contributed by atoms with Crippen molar-refractivity contribution in [3.05, 3.63) is 12.8 Å². The molecule has 0 aliphatic rings. The first kappa shape index (κ1) is 46.4. The third-order valence-corrected chi connectivity index (χ3v) is 6.39. The van der Waals surface area contributed by atoms with E-state index in [1.54, 1.807) is 0 Å². The Balaban J connectivity index is -0.000000128. The molecule has 212 valence electrons. The fraction of sp³-hybridized carbons (Fsp3) is 0.938. The van der Waals surface area contributed by atoms with E-state index >= 15 is 0 Å². The van der Waals surface area contributed by atoms with Crippen molar-refractivity contribution in [2.24, 2.45) is 0 Å². The van der Waals surface area contributed by atoms with Gasteiger partial charge in [0.05, 0.1) is 0 Å². The van der Waals surface area contributed by atoms with Gasteiger partial charge in [-0.25, -0.2) is 0 Å². The molecule has 0 heterocycles. The summed E-state index contributed by atoms with van der Waals surface area (Å²) < 4.78 is 0. The Bertz CT molecular complexity index is 212. The predicted molar refractivity (Wildman–Crippen MR) is 174 cm³/mol. The third-order valence-electron chi connectivity index (χ3n) is 5.81. The van der Waals surface area contributed by atoms with Crippen LogP contribution in [0.3, 0.4) is 0 Å². The smallest absolute Gasteiger partial charge is 0.793 e. The van der Waals surface area contributed by atoms with Crippen LogP contribution < -0.4 is 0 Å². The van der Waals surface area contributed by atoms with Gasteiger partial charge in [-0.2, -0.15) is 11.5 Å². The normalized spacial score (nSPS) is 9.60. The van der Waals surface area contributed by atoms with E-state index in [1.165, 1.54) is 141 Å². The predicted octanol–water partition coefficient (Wildman–Crippen LogP) is 11.8. The van der Waals surface area contributed by atoms with Gasteiger partial charge in [-0.05, 0) is 12.8 Å². The average Bonchev–Trinajstić information content (AvgIpc) is 2.87. The maximum Gasteiger partial charge on any atom is 2.00 e. The zero-order chi connectivity index (χ0) is 26.4. The van der Waals surface area contributed by atoms with Crippen LogP contribution >= 0.6 is 0 Å². The first-order valence-corrected chi connectivity index (χ1v) is 16.5. The Hall–Kier alpha value is 1.50. The largest absolute Gasteiger partial charge is 2.00 e. The quantitative estimate of drug-likeness (QED) is 0.0660. The fourth-order valence-corrected chi connectivity index (χ4v) is 3.59. The molecular weight excluding hydrogens is 567 g/mol. The van der Waals surface area contributed by atoms with Gasteiger partial charge in [-0.15, -0.1) is 0 Å². The van der Waals surface area contributed by atoms with Crippen molar-refractivity contribution in [3.63, 3.8) is 0 Å². The Kier molecular flexibility index (Phi) is 74.0. The van der Waals surface area contributed by atoms with Crippen LogP contribution in [0.4, 0.5) is 0 Å². The second kappa shape index (κ2) is 55.9. The van der Waals surface area contributed by atoms with Crippen LogP contribution in [0.15, 0.2) is 0 Å². The SMILES string of the molecule is CCCCCCCCCCCC[S-].CCCCCCCCCCCC[S-].C[CH]CC.C[CH]CC.[Sn+2]. The molecule has 0 atom stereocenters. The summed E-state index contributed by atoms with van der Waals surface area (Å²) in [5.74, 6) is 1.91. The van der Waals surface area contributed by atoms with Gasteiger partial charge in [0.2, 0.25) is 0 Å². The molecule has 0 fully saturated rings. The molecular formula is C32H68S2Sn. The zero-order valence-electron chi connectivity index (χ0n) is 25.4. The van der Waals surface area contributed by atoms with Crippen molar-refractivity contribution in [1.29, 1.82) is 0 Å². The Labute approximate surface area is 254 Å². The van der Waals surface area contributed by atoms with Crippen LogP contribution in [0.2, 0.25) is 0 Å². The molecule has 0 N–H and O–H groups in total. The van der Waals surface area contributed by atoms with Crippen molar-refractivity contribution < 1.29 is 0 Å². The second-order valence-electron chi connectivity index (χ2n) is 9.41. The number of hydrogen-bond donors (Lipinski definition) is 0. The molecule has 0 saturated heterocycles. The summed E-state index contributed by atoms with van der Waals surface area (Å²) in [4.78, 5) is 0. The van der Waals surface area contributed by atoms with Crippen LogP contribution in [-0.4, -0.2) is 35.4 Å². The Morgan fingerprint density at radius 1 is 0.371 bits per heavy atom. The van der Waals surface area contributed by atoms with Crippen LogP contribution in [-0.2, 0) is 25.3 Å². The molecule has 0 nitrogen and oxygen atoms in total. The summed E-state index contributed by atoms with van der Waals surface area (Å²) >= 11 is 9.80. The van der Waals surface area contributed by atoms with Crippen LogP contribution in [0.1, 0.15) is 183 Å². The monoisotopic (exact) mass is 636 g/mol. The Morgan fingerprint density at radius 3 is 0.686 bits per heavy atom. The number of hydrogen-bond acceptors (Lipinski definition) is 2. The van der Waals surface area contributed by atoms with Crippen LogP contribution in [0.25, 0.3) is 0 Å². The van der Waals surface area contributed by atoms with Crippen molar-refractivity contribution in [1.82, 2.24) is 0 Å². The van der Waals surface area contributed by atoms with E-state index in [-0.39, 0.29) is 23.9 Å². The molecule has 4 radical (unpaired) electrons. The molecule has 0 saturated carbocycles. The molecule has 0 unspecified atom stereocenters. The van der Waals surface area contributed by atoms with E-state index in [9.17, 15) is 0 Å². The first-order chi connectivity index (χ1) is 16.7. The first-order valence-electron chi connectivity index (χ1n) is 15.4. The van der Waals surface area contributed by atoms with Crippen molar-refractivity contribution >= 4 is 49.2 Å². The zero-order valence-corrected chi connectivity index (χ0v) is 29.9. The Morgan fingerprint density at radius 2 is 0.543 bits per heavy atom. The van der Waals surface area contributed by atoms with Gasteiger partial charge in [0, 0.05) is 0 Å². The van der Waals surface area contributed by atoms with E-state index < -0.39 is 0 Å². The van der Waals surface area contributed by atoms with Crippen LogP contribution in [0, 0.1) is 12.8 Å². The second-order valence-corrected chi connectivity index (χ2v) is 10.2. The maximum atomic E-state index is 4.90. The van der Waals surface area contributed by atoms with Gasteiger partial charge >= 0.3 is 23.9 Å². The summed E-state index contributed by atoms with van der Waals surface area (Å²) in [5.41, 5.74) is 0. The standard InChI is InChI=1S/2C12H26S.2C4H9.Sn/c2*1-2-3-4-5-6-7-8-9-10-11-12-13;2*1-3-4-2;/h2*13H,2-12H2,1H3;2*3H,4H2,1-2H3;/q;;;;+2/p-2. The molecule has 0 spiro atoms. The van der Waals surface area contributed by atoms with E-state index in [4.69, 9.17) is 25.3 Å². The summed E-state index contributed by atoms with van der Waals surface area (Å²) in [6.07, 6.45) is 34.7. The molecule has 0 rings (SSSR count). The van der Waals surface area contributed by atoms with Crippen LogP contribution in [0.5, 0.6) is 0 Å². The molecule has 0 aliphatic carbocycles. The minimum atomic E-state index is 0. The van der Waals surface area contributed by atoms with E-state index in [1.807, 2.05) is 0 Å². The van der Waals surface area contributed by atoms with Gasteiger partial charge < -0.3 is 25.3 Å². The molecule has 0 bridgehead atoms. The summed E-state index contributed by atoms with van der Waals surface area (Å²) in [6, 6.07) is 0. The maximum absolute atomic E-state index is 4.90.